The number of Topliss-reactive ketones (excluding diaryl/α,β-unsaturated/α-hetero) is 1. The molecule has 0 radical (unpaired) electrons. The Kier molecular flexibility index (Phi) is 6.59. The summed E-state index contributed by atoms with van der Waals surface area (Å²) in [5.74, 6) is 0.0806. The molecule has 2 aliphatic rings. The van der Waals surface area contributed by atoms with Crippen LogP contribution in [0.5, 0.6) is 0 Å². The van der Waals surface area contributed by atoms with Crippen molar-refractivity contribution in [2.45, 2.75) is 68.4 Å². The summed E-state index contributed by atoms with van der Waals surface area (Å²) in [6.45, 7) is 1.53. The molecule has 188 valence electrons. The fourth-order valence-corrected chi connectivity index (χ4v) is 5.02. The van der Waals surface area contributed by atoms with Crippen molar-refractivity contribution in [3.63, 3.8) is 0 Å². The van der Waals surface area contributed by atoms with Crippen molar-refractivity contribution in [2.24, 2.45) is 4.99 Å². The average Bonchev–Trinajstić information content (AvgIpc) is 3.17. The summed E-state index contributed by atoms with van der Waals surface area (Å²) in [6, 6.07) is 11.0. The van der Waals surface area contributed by atoms with Gasteiger partial charge in [0.15, 0.2) is 5.78 Å². The molecule has 0 amide bonds. The highest BCUT2D eigenvalue weighted by Gasteiger charge is 2.49. The molecule has 0 saturated heterocycles. The molecule has 0 N–H and O–H groups in total. The van der Waals surface area contributed by atoms with Crippen LogP contribution >= 0.6 is 0 Å². The number of benzene rings is 2. The lowest BCUT2D eigenvalue weighted by Gasteiger charge is -2.43. The van der Waals surface area contributed by atoms with Gasteiger partial charge in [0.2, 0.25) is 0 Å². The Morgan fingerprint density at radius 3 is 1.97 bits per heavy atom. The van der Waals surface area contributed by atoms with Gasteiger partial charge in [0.25, 0.3) is 0 Å². The molecule has 4 rings (SSSR count). The molecule has 0 aromatic heterocycles. The Morgan fingerprint density at radius 1 is 0.914 bits per heavy atom. The summed E-state index contributed by atoms with van der Waals surface area (Å²) in [6.07, 6.45) is -6.77. The highest BCUT2D eigenvalue weighted by Crippen LogP contribution is 2.47. The van der Waals surface area contributed by atoms with Crippen LogP contribution in [0, 0.1) is 0 Å². The van der Waals surface area contributed by atoms with Crippen molar-refractivity contribution in [1.29, 1.82) is 0 Å². The summed E-state index contributed by atoms with van der Waals surface area (Å²) in [4.78, 5) is 16.9. The van der Waals surface area contributed by atoms with E-state index in [0.29, 0.717) is 44.2 Å². The van der Waals surface area contributed by atoms with Crippen LogP contribution in [-0.2, 0) is 27.3 Å². The van der Waals surface area contributed by atoms with E-state index in [1.807, 2.05) is 30.3 Å². The van der Waals surface area contributed by atoms with E-state index >= 15 is 0 Å². The molecule has 2 aromatic carbocycles. The quantitative estimate of drug-likeness (QED) is 0.414. The van der Waals surface area contributed by atoms with Gasteiger partial charge < -0.3 is 4.74 Å². The maximum atomic E-state index is 13.3. The molecule has 0 unspecified atom stereocenters. The van der Waals surface area contributed by atoms with Crippen LogP contribution in [0.4, 0.5) is 26.3 Å². The van der Waals surface area contributed by atoms with Crippen molar-refractivity contribution in [1.82, 2.24) is 0 Å². The largest absolute Gasteiger partial charge is 0.416 e. The van der Waals surface area contributed by atoms with Crippen LogP contribution in [0.25, 0.3) is 0 Å². The van der Waals surface area contributed by atoms with Gasteiger partial charge in [-0.2, -0.15) is 26.3 Å². The molecule has 35 heavy (non-hydrogen) atoms. The Labute approximate surface area is 199 Å². The molecular weight excluding hydrogens is 472 g/mol. The Bertz CT molecular complexity index is 1070. The molecule has 1 atom stereocenters. The lowest BCUT2D eigenvalue weighted by molar-refractivity contribution is -0.143. The zero-order valence-corrected chi connectivity index (χ0v) is 19.0. The fourth-order valence-electron chi connectivity index (χ4n) is 5.02. The van der Waals surface area contributed by atoms with E-state index in [2.05, 4.69) is 4.99 Å². The van der Waals surface area contributed by atoms with Crippen LogP contribution in [-0.4, -0.2) is 24.1 Å². The predicted octanol–water partition coefficient (Wildman–Crippen LogP) is 7.10. The molecule has 1 aliphatic carbocycles. The third kappa shape index (κ3) is 5.15. The van der Waals surface area contributed by atoms with Crippen molar-refractivity contribution < 1.29 is 35.9 Å². The van der Waals surface area contributed by atoms with Gasteiger partial charge >= 0.3 is 12.4 Å². The van der Waals surface area contributed by atoms with Crippen LogP contribution in [0.1, 0.15) is 67.4 Å². The number of alkyl halides is 6. The summed E-state index contributed by atoms with van der Waals surface area (Å²) in [7, 11) is 0. The minimum Gasteiger partial charge on any atom is -0.373 e. The second kappa shape index (κ2) is 9.08. The van der Waals surface area contributed by atoms with E-state index in [4.69, 9.17) is 4.74 Å². The lowest BCUT2D eigenvalue weighted by Crippen LogP contribution is -2.45. The van der Waals surface area contributed by atoms with Gasteiger partial charge in [0.05, 0.1) is 23.8 Å². The number of hydrogen-bond donors (Lipinski definition) is 0. The first-order valence-electron chi connectivity index (χ1n) is 11.4. The third-order valence-corrected chi connectivity index (χ3v) is 7.24. The molecule has 0 bridgehead atoms. The van der Waals surface area contributed by atoms with Gasteiger partial charge in [0, 0.05) is 18.1 Å². The summed E-state index contributed by atoms with van der Waals surface area (Å²) < 4.78 is 85.7. The Hall–Kier alpha value is -2.68. The molecule has 1 saturated carbocycles. The van der Waals surface area contributed by atoms with Crippen molar-refractivity contribution in [3.8, 4) is 0 Å². The zero-order chi connectivity index (χ0) is 25.5. The number of rotatable bonds is 5. The van der Waals surface area contributed by atoms with Gasteiger partial charge in [-0.3, -0.25) is 9.79 Å². The normalized spacial score (nSPS) is 25.9. The van der Waals surface area contributed by atoms with Gasteiger partial charge in [-0.05, 0) is 61.9 Å². The molecule has 1 fully saturated rings. The van der Waals surface area contributed by atoms with Crippen LogP contribution in [0.15, 0.2) is 53.5 Å². The summed E-state index contributed by atoms with van der Waals surface area (Å²) in [5.41, 5.74) is -3.24. The number of aliphatic imine (C=N–C) groups is 1. The molecule has 2 aromatic rings. The first-order chi connectivity index (χ1) is 16.3. The van der Waals surface area contributed by atoms with E-state index in [0.717, 1.165) is 5.56 Å². The minimum absolute atomic E-state index is 0.0806. The monoisotopic (exact) mass is 497 g/mol. The number of nitrogens with zero attached hydrogens (tertiary/aromatic N) is 1. The van der Waals surface area contributed by atoms with Gasteiger partial charge in [-0.15, -0.1) is 0 Å². The van der Waals surface area contributed by atoms with Gasteiger partial charge in [0.1, 0.15) is 5.54 Å². The van der Waals surface area contributed by atoms with Crippen LogP contribution < -0.4 is 0 Å². The Balaban J connectivity index is 1.59. The standard InChI is InChI=1S/C26H25F6NO2/c1-17(18-13-20(25(27,28)29)15-21(14-18)26(30,31)32)35-16-23(19-5-3-2-4-6-19)8-10-24(11-9-23)22(34)7-12-33-24/h2-6,12-15,17H,7-11,16H2,1H3/t17-,23?,24?/m1/s1. The van der Waals surface area contributed by atoms with Crippen LogP contribution in [0.2, 0.25) is 0 Å². The smallest absolute Gasteiger partial charge is 0.373 e. The highest BCUT2D eigenvalue weighted by atomic mass is 19.4. The average molecular weight is 497 g/mol. The minimum atomic E-state index is -4.92. The number of ketones is 1. The topological polar surface area (TPSA) is 38.7 Å². The predicted molar refractivity (Wildman–Crippen MR) is 118 cm³/mol. The maximum Gasteiger partial charge on any atom is 0.416 e. The second-order valence-electron chi connectivity index (χ2n) is 9.41. The Morgan fingerprint density at radius 2 is 1.49 bits per heavy atom. The molecule has 1 heterocycles. The molecule has 3 nitrogen and oxygen atoms in total. The van der Waals surface area contributed by atoms with E-state index in [-0.39, 0.29) is 24.0 Å². The van der Waals surface area contributed by atoms with E-state index < -0.39 is 40.5 Å². The van der Waals surface area contributed by atoms with E-state index in [9.17, 15) is 31.1 Å². The first-order valence-corrected chi connectivity index (χ1v) is 11.4. The number of ether oxygens (including phenoxy) is 1. The van der Waals surface area contributed by atoms with Gasteiger partial charge in [-0.1, -0.05) is 30.3 Å². The van der Waals surface area contributed by atoms with Gasteiger partial charge in [-0.25, -0.2) is 0 Å². The van der Waals surface area contributed by atoms with E-state index in [1.54, 1.807) is 6.21 Å². The SMILES string of the molecule is C[C@@H](OCC1(c2ccccc2)CCC2(CC1)N=CCC2=O)c1cc(C(F)(F)F)cc(C(F)(F)F)c1. The molecule has 1 aliphatic heterocycles. The second-order valence-corrected chi connectivity index (χ2v) is 9.41. The zero-order valence-electron chi connectivity index (χ0n) is 19.0. The summed E-state index contributed by atoms with van der Waals surface area (Å²) >= 11 is 0. The number of hydrogen-bond acceptors (Lipinski definition) is 3. The maximum absolute atomic E-state index is 13.3. The highest BCUT2D eigenvalue weighted by molar-refractivity contribution is 6.03. The molecule has 1 spiro atoms. The lowest BCUT2D eigenvalue weighted by atomic mass is 9.64. The fraction of sp³-hybridized carbons (Fsp3) is 0.462. The number of carbonyl (C=O) groups excluding carboxylic acids is 1. The van der Waals surface area contributed by atoms with Crippen molar-refractivity contribution in [3.05, 3.63) is 70.8 Å². The molecular formula is C26H25F6NO2. The summed E-state index contributed by atoms with van der Waals surface area (Å²) in [5, 5.41) is 0. The number of carbonyl (C=O) groups is 1. The third-order valence-electron chi connectivity index (χ3n) is 7.24. The van der Waals surface area contributed by atoms with E-state index in [1.165, 1.54) is 6.92 Å². The number of halogens is 6. The molecule has 9 heteroatoms. The van der Waals surface area contributed by atoms with Crippen LogP contribution in [0.3, 0.4) is 0 Å². The van der Waals surface area contributed by atoms with Crippen molar-refractivity contribution >= 4 is 12.0 Å². The first kappa shape index (κ1) is 25.4. The van der Waals surface area contributed by atoms with Crippen molar-refractivity contribution in [2.75, 3.05) is 6.61 Å².